The van der Waals surface area contributed by atoms with Crippen molar-refractivity contribution in [2.75, 3.05) is 8.86 Å². The summed E-state index contributed by atoms with van der Waals surface area (Å²) >= 11 is 5.08. The van der Waals surface area contributed by atoms with Crippen LogP contribution in [-0.2, 0) is 0 Å². The zero-order valence-corrected chi connectivity index (χ0v) is 10.5. The van der Waals surface area contributed by atoms with Gasteiger partial charge in [-0.2, -0.15) is 0 Å². The van der Waals surface area contributed by atoms with Crippen molar-refractivity contribution >= 4 is 45.2 Å². The summed E-state index contributed by atoms with van der Waals surface area (Å²) in [6, 6.07) is 0. The molecule has 0 bridgehead atoms. The first-order valence-electron chi connectivity index (χ1n) is 4.00. The van der Waals surface area contributed by atoms with Gasteiger partial charge >= 0.3 is 0 Å². The predicted octanol–water partition coefficient (Wildman–Crippen LogP) is 3.66. The Morgan fingerprint density at radius 2 is 1.30 bits per heavy atom. The Balaban J connectivity index is 2.34. The van der Waals surface area contributed by atoms with E-state index in [1.165, 1.54) is 34.5 Å². The molecule has 2 heteroatoms. The van der Waals surface area contributed by atoms with Gasteiger partial charge in [-0.3, -0.25) is 0 Å². The zero-order chi connectivity index (χ0) is 7.40. The van der Waals surface area contributed by atoms with E-state index < -0.39 is 0 Å². The third-order valence-electron chi connectivity index (χ3n) is 2.46. The molecule has 1 rings (SSSR count). The van der Waals surface area contributed by atoms with Crippen molar-refractivity contribution in [2.45, 2.75) is 25.7 Å². The van der Waals surface area contributed by atoms with Crippen molar-refractivity contribution < 1.29 is 0 Å². The Morgan fingerprint density at radius 3 is 1.60 bits per heavy atom. The molecule has 0 aromatic heterocycles. The molecule has 0 aromatic rings. The summed E-state index contributed by atoms with van der Waals surface area (Å²) in [5.41, 5.74) is 0. The highest BCUT2D eigenvalue weighted by molar-refractivity contribution is 14.1. The van der Waals surface area contributed by atoms with E-state index in [9.17, 15) is 0 Å². The number of halogens is 2. The van der Waals surface area contributed by atoms with Crippen LogP contribution in [-0.4, -0.2) is 8.86 Å². The summed E-state index contributed by atoms with van der Waals surface area (Å²) in [6.07, 6.45) is 5.97. The van der Waals surface area contributed by atoms with Crippen LogP contribution in [0.3, 0.4) is 0 Å². The Bertz CT molecular complexity index is 81.3. The molecule has 0 saturated heterocycles. The Morgan fingerprint density at radius 1 is 0.900 bits per heavy atom. The molecule has 1 fully saturated rings. The average Bonchev–Trinajstić information content (AvgIpc) is 2.04. The van der Waals surface area contributed by atoms with E-state index in [4.69, 9.17) is 0 Å². The lowest BCUT2D eigenvalue weighted by Crippen LogP contribution is -2.21. The lowest BCUT2D eigenvalue weighted by Gasteiger charge is -2.28. The average molecular weight is 364 g/mol. The molecule has 0 amide bonds. The molecule has 60 valence electrons. The molecule has 0 aromatic carbocycles. The SMILES string of the molecule is ICC1CCCC[C@@H]1CI. The van der Waals surface area contributed by atoms with Crippen LogP contribution in [0.2, 0.25) is 0 Å². The van der Waals surface area contributed by atoms with Crippen LogP contribution in [0, 0.1) is 11.8 Å². The fourth-order valence-corrected chi connectivity index (χ4v) is 4.01. The molecule has 2 atom stereocenters. The highest BCUT2D eigenvalue weighted by atomic mass is 127. The van der Waals surface area contributed by atoms with Crippen molar-refractivity contribution in [1.82, 2.24) is 0 Å². The van der Waals surface area contributed by atoms with Crippen LogP contribution in [0.4, 0.5) is 0 Å². The largest absolute Gasteiger partial charge is 0.0861 e. The number of rotatable bonds is 2. The van der Waals surface area contributed by atoms with E-state index in [1.807, 2.05) is 0 Å². The van der Waals surface area contributed by atoms with Crippen LogP contribution >= 0.6 is 45.2 Å². The second-order valence-electron chi connectivity index (χ2n) is 3.11. The molecule has 1 unspecified atom stereocenters. The van der Waals surface area contributed by atoms with E-state index in [2.05, 4.69) is 45.2 Å². The van der Waals surface area contributed by atoms with E-state index in [-0.39, 0.29) is 0 Å². The highest BCUT2D eigenvalue weighted by Gasteiger charge is 2.22. The lowest BCUT2D eigenvalue weighted by atomic mass is 9.82. The van der Waals surface area contributed by atoms with Crippen LogP contribution < -0.4 is 0 Å². The zero-order valence-electron chi connectivity index (χ0n) is 6.15. The molecule has 1 aliphatic carbocycles. The van der Waals surface area contributed by atoms with Crippen LogP contribution in [0.1, 0.15) is 25.7 Å². The number of alkyl halides is 2. The second kappa shape index (κ2) is 5.17. The normalized spacial score (nSPS) is 34.2. The first-order chi connectivity index (χ1) is 4.88. The smallest absolute Gasteiger partial charge is 0.00266 e. The maximum Gasteiger partial charge on any atom is 0.00266 e. The highest BCUT2D eigenvalue weighted by Crippen LogP contribution is 2.32. The van der Waals surface area contributed by atoms with Crippen LogP contribution in [0.15, 0.2) is 0 Å². The quantitative estimate of drug-likeness (QED) is 0.518. The van der Waals surface area contributed by atoms with Gasteiger partial charge in [-0.1, -0.05) is 58.0 Å². The van der Waals surface area contributed by atoms with Gasteiger partial charge in [0, 0.05) is 8.86 Å². The number of hydrogen-bond acceptors (Lipinski definition) is 0. The molecule has 10 heavy (non-hydrogen) atoms. The minimum atomic E-state index is 1.05. The monoisotopic (exact) mass is 364 g/mol. The summed E-state index contributed by atoms with van der Waals surface area (Å²) in [6.45, 7) is 0. The molecule has 1 saturated carbocycles. The Hall–Kier alpha value is 1.46. The molecule has 1 aliphatic rings. The summed E-state index contributed by atoms with van der Waals surface area (Å²) < 4.78 is 2.76. The molecule has 0 radical (unpaired) electrons. The van der Waals surface area contributed by atoms with E-state index in [0.717, 1.165) is 11.8 Å². The van der Waals surface area contributed by atoms with E-state index >= 15 is 0 Å². The fraction of sp³-hybridized carbons (Fsp3) is 1.00. The first kappa shape index (κ1) is 9.55. The minimum Gasteiger partial charge on any atom is -0.0861 e. The van der Waals surface area contributed by atoms with E-state index in [1.54, 1.807) is 0 Å². The molecule has 0 heterocycles. The van der Waals surface area contributed by atoms with E-state index in [0.29, 0.717) is 0 Å². The topological polar surface area (TPSA) is 0 Å². The van der Waals surface area contributed by atoms with Gasteiger partial charge in [0.1, 0.15) is 0 Å². The van der Waals surface area contributed by atoms with Gasteiger partial charge in [-0.15, -0.1) is 0 Å². The van der Waals surface area contributed by atoms with Gasteiger partial charge in [-0.05, 0) is 24.7 Å². The summed E-state index contributed by atoms with van der Waals surface area (Å²) in [4.78, 5) is 0. The fourth-order valence-electron chi connectivity index (χ4n) is 1.69. The summed E-state index contributed by atoms with van der Waals surface area (Å²) in [7, 11) is 0. The third kappa shape index (κ3) is 2.50. The van der Waals surface area contributed by atoms with Crippen LogP contribution in [0.5, 0.6) is 0 Å². The minimum absolute atomic E-state index is 1.05. The summed E-state index contributed by atoms with van der Waals surface area (Å²) in [5, 5.41) is 0. The van der Waals surface area contributed by atoms with Crippen molar-refractivity contribution in [1.29, 1.82) is 0 Å². The van der Waals surface area contributed by atoms with Crippen molar-refractivity contribution in [3.05, 3.63) is 0 Å². The van der Waals surface area contributed by atoms with Gasteiger partial charge in [-0.25, -0.2) is 0 Å². The number of hydrogen-bond donors (Lipinski definition) is 0. The standard InChI is InChI=1S/C8H14I2/c9-5-7-3-1-2-4-8(7)6-10/h7-8H,1-6H2/t7-,8?/m1/s1. The van der Waals surface area contributed by atoms with Crippen molar-refractivity contribution in [3.8, 4) is 0 Å². The molecular weight excluding hydrogens is 350 g/mol. The Labute approximate surface area is 90.8 Å². The van der Waals surface area contributed by atoms with Gasteiger partial charge < -0.3 is 0 Å². The van der Waals surface area contributed by atoms with Gasteiger partial charge in [0.05, 0.1) is 0 Å². The first-order valence-corrected chi connectivity index (χ1v) is 7.05. The molecule has 0 nitrogen and oxygen atoms in total. The van der Waals surface area contributed by atoms with Gasteiger partial charge in [0.15, 0.2) is 0 Å². The molecular formula is C8H14I2. The predicted molar refractivity (Wildman–Crippen MR) is 63.2 cm³/mol. The van der Waals surface area contributed by atoms with Gasteiger partial charge in [0.2, 0.25) is 0 Å². The van der Waals surface area contributed by atoms with Crippen molar-refractivity contribution in [2.24, 2.45) is 11.8 Å². The molecule has 0 aliphatic heterocycles. The lowest BCUT2D eigenvalue weighted by molar-refractivity contribution is 0.293. The third-order valence-corrected chi connectivity index (χ3v) is 4.73. The van der Waals surface area contributed by atoms with Crippen LogP contribution in [0.25, 0.3) is 0 Å². The van der Waals surface area contributed by atoms with Crippen molar-refractivity contribution in [3.63, 3.8) is 0 Å². The Kier molecular flexibility index (Phi) is 4.93. The maximum atomic E-state index is 2.54. The second-order valence-corrected chi connectivity index (χ2v) is 4.87. The molecule has 0 N–H and O–H groups in total. The molecule has 0 spiro atoms. The maximum absolute atomic E-state index is 2.54. The summed E-state index contributed by atoms with van der Waals surface area (Å²) in [5.74, 6) is 2.09. The van der Waals surface area contributed by atoms with Gasteiger partial charge in [0.25, 0.3) is 0 Å².